The lowest BCUT2D eigenvalue weighted by Gasteiger charge is -2.22. The molecular weight excluding hydrogens is 365 g/mol. The average molecular weight is 391 g/mol. The summed E-state index contributed by atoms with van der Waals surface area (Å²) in [6.45, 7) is 9.32. The van der Waals surface area contributed by atoms with Crippen molar-refractivity contribution in [2.45, 2.75) is 27.3 Å². The molecule has 1 N–H and O–H groups in total. The Balaban J connectivity index is 0.00000361. The van der Waals surface area contributed by atoms with Gasteiger partial charge in [-0.15, -0.1) is 24.0 Å². The van der Waals surface area contributed by atoms with Gasteiger partial charge < -0.3 is 15.0 Å². The molecular formula is C15H26IN3O. The zero-order chi connectivity index (χ0) is 14.1. The van der Waals surface area contributed by atoms with Gasteiger partial charge in [-0.25, -0.2) is 0 Å². The molecule has 0 aliphatic carbocycles. The fourth-order valence-electron chi connectivity index (χ4n) is 1.83. The fourth-order valence-corrected chi connectivity index (χ4v) is 1.83. The first-order valence-electron chi connectivity index (χ1n) is 6.92. The lowest BCUT2D eigenvalue weighted by Crippen LogP contribution is -2.38. The van der Waals surface area contributed by atoms with Crippen molar-refractivity contribution >= 4 is 29.9 Å². The van der Waals surface area contributed by atoms with Crippen LogP contribution < -0.4 is 10.1 Å². The number of hydrogen-bond acceptors (Lipinski definition) is 2. The summed E-state index contributed by atoms with van der Waals surface area (Å²) in [6, 6.07) is 8.21. The predicted molar refractivity (Wildman–Crippen MR) is 96.1 cm³/mol. The van der Waals surface area contributed by atoms with E-state index in [9.17, 15) is 0 Å². The molecule has 0 spiro atoms. The number of nitrogens with zero attached hydrogens (tertiary/aromatic N) is 2. The maximum atomic E-state index is 5.44. The zero-order valence-corrected chi connectivity index (χ0v) is 15.2. The first kappa shape index (κ1) is 19.0. The zero-order valence-electron chi connectivity index (χ0n) is 12.8. The highest BCUT2D eigenvalue weighted by atomic mass is 127. The number of rotatable bonds is 6. The molecule has 20 heavy (non-hydrogen) atoms. The molecule has 0 atom stereocenters. The van der Waals surface area contributed by atoms with Gasteiger partial charge in [0.05, 0.1) is 6.61 Å². The minimum absolute atomic E-state index is 0. The largest absolute Gasteiger partial charge is 0.494 e. The van der Waals surface area contributed by atoms with E-state index in [4.69, 9.17) is 4.74 Å². The highest BCUT2D eigenvalue weighted by molar-refractivity contribution is 14.0. The summed E-state index contributed by atoms with van der Waals surface area (Å²) in [7, 11) is 2.05. The van der Waals surface area contributed by atoms with Crippen LogP contribution in [0.25, 0.3) is 0 Å². The summed E-state index contributed by atoms with van der Waals surface area (Å²) >= 11 is 0. The van der Waals surface area contributed by atoms with Crippen LogP contribution in [-0.4, -0.2) is 37.6 Å². The maximum Gasteiger partial charge on any atom is 0.193 e. The number of hydrogen-bond donors (Lipinski definition) is 1. The van der Waals surface area contributed by atoms with Crippen molar-refractivity contribution in [2.75, 3.05) is 26.7 Å². The van der Waals surface area contributed by atoms with Crippen molar-refractivity contribution in [1.29, 1.82) is 0 Å². The highest BCUT2D eigenvalue weighted by Crippen LogP contribution is 2.13. The Kier molecular flexibility index (Phi) is 10.2. The van der Waals surface area contributed by atoms with Crippen LogP contribution in [0.3, 0.4) is 0 Å². The summed E-state index contributed by atoms with van der Waals surface area (Å²) in [6.07, 6.45) is 0. The highest BCUT2D eigenvalue weighted by Gasteiger charge is 2.05. The van der Waals surface area contributed by atoms with Crippen molar-refractivity contribution < 1.29 is 4.74 Å². The molecule has 0 fully saturated rings. The molecule has 1 aromatic carbocycles. The van der Waals surface area contributed by atoms with Gasteiger partial charge in [-0.05, 0) is 38.5 Å². The molecule has 4 nitrogen and oxygen atoms in total. The van der Waals surface area contributed by atoms with E-state index in [1.165, 1.54) is 5.56 Å². The summed E-state index contributed by atoms with van der Waals surface area (Å²) in [5, 5.41) is 3.29. The summed E-state index contributed by atoms with van der Waals surface area (Å²) in [5.74, 6) is 1.86. The van der Waals surface area contributed by atoms with E-state index in [1.807, 2.05) is 33.0 Å². The predicted octanol–water partition coefficient (Wildman–Crippen LogP) is 3.12. The van der Waals surface area contributed by atoms with Gasteiger partial charge in [0.2, 0.25) is 0 Å². The number of ether oxygens (including phenoxy) is 1. The molecule has 0 radical (unpaired) electrons. The van der Waals surface area contributed by atoms with Crippen LogP contribution >= 0.6 is 24.0 Å². The van der Waals surface area contributed by atoms with Gasteiger partial charge in [0.15, 0.2) is 5.96 Å². The second-order valence-corrected chi connectivity index (χ2v) is 4.26. The van der Waals surface area contributed by atoms with E-state index in [2.05, 4.69) is 34.3 Å². The van der Waals surface area contributed by atoms with Gasteiger partial charge in [-0.3, -0.25) is 4.99 Å². The Morgan fingerprint density at radius 2 is 1.85 bits per heavy atom. The molecule has 0 saturated carbocycles. The molecule has 1 rings (SSSR count). The third kappa shape index (κ3) is 6.45. The Morgan fingerprint density at radius 1 is 1.20 bits per heavy atom. The van der Waals surface area contributed by atoms with Crippen molar-refractivity contribution in [3.05, 3.63) is 29.8 Å². The molecule has 0 saturated heterocycles. The van der Waals surface area contributed by atoms with Gasteiger partial charge >= 0.3 is 0 Å². The number of halogens is 1. The van der Waals surface area contributed by atoms with Crippen LogP contribution in [0, 0.1) is 0 Å². The van der Waals surface area contributed by atoms with Crippen molar-refractivity contribution in [2.24, 2.45) is 4.99 Å². The number of nitrogens with one attached hydrogen (secondary N) is 1. The maximum absolute atomic E-state index is 5.44. The number of benzene rings is 1. The Morgan fingerprint density at radius 3 is 2.35 bits per heavy atom. The molecule has 0 aliphatic heterocycles. The van der Waals surface area contributed by atoms with Gasteiger partial charge in [-0.2, -0.15) is 0 Å². The van der Waals surface area contributed by atoms with Crippen LogP contribution in [0.15, 0.2) is 29.3 Å². The summed E-state index contributed by atoms with van der Waals surface area (Å²) in [5.41, 5.74) is 1.24. The summed E-state index contributed by atoms with van der Waals surface area (Å²) < 4.78 is 5.44. The third-order valence-corrected chi connectivity index (χ3v) is 2.66. The summed E-state index contributed by atoms with van der Waals surface area (Å²) in [4.78, 5) is 6.59. The second kappa shape index (κ2) is 10.8. The van der Waals surface area contributed by atoms with E-state index in [0.717, 1.165) is 31.3 Å². The Bertz CT molecular complexity index is 393. The van der Waals surface area contributed by atoms with E-state index < -0.39 is 0 Å². The van der Waals surface area contributed by atoms with Crippen molar-refractivity contribution in [3.63, 3.8) is 0 Å². The molecule has 0 aromatic heterocycles. The Labute approximate surface area is 139 Å². The first-order chi connectivity index (χ1) is 9.21. The van der Waals surface area contributed by atoms with E-state index in [0.29, 0.717) is 6.61 Å². The molecule has 0 amide bonds. The quantitative estimate of drug-likeness (QED) is 0.460. The molecule has 0 bridgehead atoms. The number of aliphatic imine (C=N–C) groups is 1. The van der Waals surface area contributed by atoms with Crippen LogP contribution in [0.4, 0.5) is 0 Å². The topological polar surface area (TPSA) is 36.9 Å². The molecule has 1 aromatic rings. The van der Waals surface area contributed by atoms with Crippen molar-refractivity contribution in [1.82, 2.24) is 10.2 Å². The van der Waals surface area contributed by atoms with E-state index in [1.54, 1.807) is 0 Å². The average Bonchev–Trinajstić information content (AvgIpc) is 2.41. The van der Waals surface area contributed by atoms with Gasteiger partial charge in [0.1, 0.15) is 5.75 Å². The Hall–Kier alpha value is -0.980. The number of guanidine groups is 1. The van der Waals surface area contributed by atoms with E-state index >= 15 is 0 Å². The van der Waals surface area contributed by atoms with Crippen LogP contribution in [0.2, 0.25) is 0 Å². The van der Waals surface area contributed by atoms with Crippen LogP contribution in [-0.2, 0) is 6.54 Å². The second-order valence-electron chi connectivity index (χ2n) is 4.26. The molecule has 0 aliphatic rings. The van der Waals surface area contributed by atoms with Crippen molar-refractivity contribution in [3.8, 4) is 5.75 Å². The molecule has 0 unspecified atom stereocenters. The lowest BCUT2D eigenvalue weighted by molar-refractivity contribution is 0.340. The SMILES string of the molecule is CCN=C(NCC)N(C)Cc1ccc(OCC)cc1.I. The molecule has 114 valence electrons. The fraction of sp³-hybridized carbons (Fsp3) is 0.533. The van der Waals surface area contributed by atoms with E-state index in [-0.39, 0.29) is 24.0 Å². The van der Waals surface area contributed by atoms with Gasteiger partial charge in [-0.1, -0.05) is 12.1 Å². The first-order valence-corrected chi connectivity index (χ1v) is 6.92. The lowest BCUT2D eigenvalue weighted by atomic mass is 10.2. The van der Waals surface area contributed by atoms with Crippen LogP contribution in [0.1, 0.15) is 26.3 Å². The normalized spacial score (nSPS) is 10.7. The standard InChI is InChI=1S/C15H25N3O.HI/c1-5-16-15(17-6-2)18(4)12-13-8-10-14(11-9-13)19-7-3;/h8-11H,5-7,12H2,1-4H3,(H,16,17);1H. The van der Waals surface area contributed by atoms with Gasteiger partial charge in [0.25, 0.3) is 0 Å². The minimum Gasteiger partial charge on any atom is -0.494 e. The van der Waals surface area contributed by atoms with Crippen LogP contribution in [0.5, 0.6) is 5.75 Å². The smallest absolute Gasteiger partial charge is 0.193 e. The minimum atomic E-state index is 0. The molecule has 5 heteroatoms. The molecule has 0 heterocycles. The third-order valence-electron chi connectivity index (χ3n) is 2.66. The monoisotopic (exact) mass is 391 g/mol. The van der Waals surface area contributed by atoms with Gasteiger partial charge in [0, 0.05) is 26.7 Å².